The zero-order valence-electron chi connectivity index (χ0n) is 8.75. The Hall–Kier alpha value is -0.0400. The number of hydrogen-bond acceptors (Lipinski definition) is 1. The van der Waals surface area contributed by atoms with Crippen molar-refractivity contribution in [3.63, 3.8) is 0 Å². The van der Waals surface area contributed by atoms with E-state index in [1.54, 1.807) is 0 Å². The summed E-state index contributed by atoms with van der Waals surface area (Å²) in [5.74, 6) is 2.90. The van der Waals surface area contributed by atoms with Crippen molar-refractivity contribution in [1.29, 1.82) is 0 Å². The van der Waals surface area contributed by atoms with Crippen LogP contribution in [0.3, 0.4) is 0 Å². The number of rotatable bonds is 3. The van der Waals surface area contributed by atoms with Crippen LogP contribution in [0.5, 0.6) is 0 Å². The highest BCUT2D eigenvalue weighted by molar-refractivity contribution is 4.94. The van der Waals surface area contributed by atoms with E-state index in [4.69, 9.17) is 0 Å². The van der Waals surface area contributed by atoms with Gasteiger partial charge in [0.25, 0.3) is 0 Å². The minimum Gasteiger partial charge on any atom is -0.393 e. The Bertz CT molecular complexity index is 142. The number of aliphatic hydroxyl groups excluding tert-OH is 1. The topological polar surface area (TPSA) is 20.2 Å². The first-order valence-electron chi connectivity index (χ1n) is 5.27. The molecule has 0 aromatic rings. The van der Waals surface area contributed by atoms with Gasteiger partial charge in [0.05, 0.1) is 6.10 Å². The summed E-state index contributed by atoms with van der Waals surface area (Å²) in [5.41, 5.74) is 0. The van der Waals surface area contributed by atoms with Gasteiger partial charge in [-0.05, 0) is 30.6 Å². The highest BCUT2D eigenvalue weighted by atomic mass is 16.3. The van der Waals surface area contributed by atoms with Gasteiger partial charge in [-0.25, -0.2) is 0 Å². The normalized spacial score (nSPS) is 43.8. The van der Waals surface area contributed by atoms with Crippen molar-refractivity contribution in [1.82, 2.24) is 0 Å². The quantitative estimate of drug-likeness (QED) is 0.690. The predicted molar refractivity (Wildman–Crippen MR) is 51.9 cm³/mol. The molecule has 0 saturated heterocycles. The van der Waals surface area contributed by atoms with E-state index in [1.165, 1.54) is 12.8 Å². The third-order valence-corrected chi connectivity index (χ3v) is 3.79. The molecule has 1 rings (SSSR count). The highest BCUT2D eigenvalue weighted by Crippen LogP contribution is 2.49. The molecule has 1 saturated carbocycles. The molecule has 0 amide bonds. The molecule has 72 valence electrons. The lowest BCUT2D eigenvalue weighted by Crippen LogP contribution is -2.48. The maximum absolute atomic E-state index is 9.56. The van der Waals surface area contributed by atoms with Crippen molar-refractivity contribution in [2.24, 2.45) is 23.7 Å². The van der Waals surface area contributed by atoms with Crippen LogP contribution in [0.15, 0.2) is 0 Å². The Balaban J connectivity index is 2.49. The molecule has 12 heavy (non-hydrogen) atoms. The molecule has 0 aromatic heterocycles. The third kappa shape index (κ3) is 1.52. The molecule has 1 fully saturated rings. The van der Waals surface area contributed by atoms with Crippen LogP contribution in [0.4, 0.5) is 0 Å². The fourth-order valence-corrected chi connectivity index (χ4v) is 2.92. The summed E-state index contributed by atoms with van der Waals surface area (Å²) in [4.78, 5) is 0. The van der Waals surface area contributed by atoms with Gasteiger partial charge >= 0.3 is 0 Å². The second-order valence-electron chi connectivity index (χ2n) is 4.49. The van der Waals surface area contributed by atoms with E-state index in [0.717, 1.165) is 17.8 Å². The van der Waals surface area contributed by atoms with Gasteiger partial charge in [-0.15, -0.1) is 0 Å². The first-order valence-corrected chi connectivity index (χ1v) is 5.27. The third-order valence-electron chi connectivity index (χ3n) is 3.79. The number of hydrogen-bond donors (Lipinski definition) is 1. The lowest BCUT2D eigenvalue weighted by atomic mass is 9.55. The Labute approximate surface area is 76.2 Å². The summed E-state index contributed by atoms with van der Waals surface area (Å²) in [6.07, 6.45) is 2.44. The Morgan fingerprint density at radius 1 is 1.25 bits per heavy atom. The summed E-state index contributed by atoms with van der Waals surface area (Å²) in [6, 6.07) is 0. The monoisotopic (exact) mass is 170 g/mol. The van der Waals surface area contributed by atoms with E-state index >= 15 is 0 Å². The molecule has 1 N–H and O–H groups in total. The molecule has 1 aliphatic rings. The first-order chi connectivity index (χ1) is 5.59. The van der Waals surface area contributed by atoms with Gasteiger partial charge in [-0.1, -0.05) is 33.6 Å². The summed E-state index contributed by atoms with van der Waals surface area (Å²) in [7, 11) is 0. The van der Waals surface area contributed by atoms with Gasteiger partial charge in [0, 0.05) is 0 Å². The summed E-state index contributed by atoms with van der Waals surface area (Å²) in [6.45, 7) is 8.77. The minimum atomic E-state index is -0.104. The van der Waals surface area contributed by atoms with E-state index < -0.39 is 0 Å². The summed E-state index contributed by atoms with van der Waals surface area (Å²) in [5, 5.41) is 9.56. The van der Waals surface area contributed by atoms with E-state index in [-0.39, 0.29) is 6.10 Å². The van der Waals surface area contributed by atoms with Crippen LogP contribution in [0.25, 0.3) is 0 Å². The second-order valence-corrected chi connectivity index (χ2v) is 4.49. The van der Waals surface area contributed by atoms with Gasteiger partial charge < -0.3 is 5.11 Å². The van der Waals surface area contributed by atoms with Gasteiger partial charge in [0.15, 0.2) is 0 Å². The molecule has 1 aliphatic carbocycles. The molecule has 1 nitrogen and oxygen atoms in total. The van der Waals surface area contributed by atoms with Crippen LogP contribution >= 0.6 is 0 Å². The molecule has 5 unspecified atom stereocenters. The van der Waals surface area contributed by atoms with Crippen LogP contribution < -0.4 is 0 Å². The van der Waals surface area contributed by atoms with Crippen LogP contribution in [-0.2, 0) is 0 Å². The molecule has 5 atom stereocenters. The minimum absolute atomic E-state index is 0.104. The molecular formula is C11H22O. The van der Waals surface area contributed by atoms with Crippen molar-refractivity contribution in [2.75, 3.05) is 0 Å². The molecule has 0 radical (unpaired) electrons. The Morgan fingerprint density at radius 2 is 1.83 bits per heavy atom. The van der Waals surface area contributed by atoms with Crippen LogP contribution in [-0.4, -0.2) is 11.2 Å². The zero-order valence-corrected chi connectivity index (χ0v) is 8.75. The van der Waals surface area contributed by atoms with E-state index in [0.29, 0.717) is 5.92 Å². The molecule has 1 heteroatoms. The van der Waals surface area contributed by atoms with E-state index in [9.17, 15) is 5.11 Å². The summed E-state index contributed by atoms with van der Waals surface area (Å²) < 4.78 is 0. The molecule has 0 bridgehead atoms. The average molecular weight is 170 g/mol. The van der Waals surface area contributed by atoms with Crippen molar-refractivity contribution in [2.45, 2.75) is 46.6 Å². The maximum Gasteiger partial charge on any atom is 0.0545 e. The van der Waals surface area contributed by atoms with Crippen LogP contribution in [0.1, 0.15) is 40.5 Å². The van der Waals surface area contributed by atoms with Crippen LogP contribution in [0.2, 0.25) is 0 Å². The van der Waals surface area contributed by atoms with Gasteiger partial charge in [0.2, 0.25) is 0 Å². The highest BCUT2D eigenvalue weighted by Gasteiger charge is 2.46. The fraction of sp³-hybridized carbons (Fsp3) is 1.00. The lowest BCUT2D eigenvalue weighted by molar-refractivity contribution is -0.0778. The SMILES string of the molecule is CCCC1C(C)C(C)C1C(C)O. The standard InChI is InChI=1S/C11H22O/c1-5-6-10-7(2)8(3)11(10)9(4)12/h7-12H,5-6H2,1-4H3. The molecule has 0 heterocycles. The molecular weight excluding hydrogens is 148 g/mol. The second kappa shape index (κ2) is 3.78. The molecule has 0 spiro atoms. The van der Waals surface area contributed by atoms with Gasteiger partial charge in [-0.3, -0.25) is 0 Å². The van der Waals surface area contributed by atoms with Crippen molar-refractivity contribution in [3.8, 4) is 0 Å². The maximum atomic E-state index is 9.56. The lowest BCUT2D eigenvalue weighted by Gasteiger charge is -2.51. The van der Waals surface area contributed by atoms with Gasteiger partial charge in [0.1, 0.15) is 0 Å². The smallest absolute Gasteiger partial charge is 0.0545 e. The molecule has 0 aromatic carbocycles. The van der Waals surface area contributed by atoms with E-state index in [1.807, 2.05) is 6.92 Å². The number of aliphatic hydroxyl groups is 1. The van der Waals surface area contributed by atoms with Crippen molar-refractivity contribution >= 4 is 0 Å². The molecule has 0 aliphatic heterocycles. The van der Waals surface area contributed by atoms with Crippen molar-refractivity contribution in [3.05, 3.63) is 0 Å². The average Bonchev–Trinajstić information content (AvgIpc) is 2.02. The fourth-order valence-electron chi connectivity index (χ4n) is 2.92. The largest absolute Gasteiger partial charge is 0.393 e. The predicted octanol–water partition coefficient (Wildman–Crippen LogP) is 2.69. The zero-order chi connectivity index (χ0) is 9.30. The van der Waals surface area contributed by atoms with Gasteiger partial charge in [-0.2, -0.15) is 0 Å². The summed E-state index contributed by atoms with van der Waals surface area (Å²) >= 11 is 0. The van der Waals surface area contributed by atoms with Crippen LogP contribution in [0, 0.1) is 23.7 Å². The first kappa shape index (κ1) is 10.0. The Kier molecular flexibility index (Phi) is 3.16. The Morgan fingerprint density at radius 3 is 2.25 bits per heavy atom. The van der Waals surface area contributed by atoms with Crippen molar-refractivity contribution < 1.29 is 5.11 Å². The van der Waals surface area contributed by atoms with E-state index in [2.05, 4.69) is 20.8 Å².